The van der Waals surface area contributed by atoms with Gasteiger partial charge in [0, 0.05) is 37.2 Å². The molecule has 176 valence electrons. The van der Waals surface area contributed by atoms with Crippen LogP contribution >= 0.6 is 11.3 Å². The number of carbonyl (C=O) groups is 2. The van der Waals surface area contributed by atoms with Crippen LogP contribution in [-0.4, -0.2) is 38.0 Å². The Morgan fingerprint density at radius 2 is 1.82 bits per heavy atom. The Bertz CT molecular complexity index is 1210. The third-order valence-electron chi connectivity index (χ3n) is 6.54. The second-order valence-corrected chi connectivity index (χ2v) is 10.9. The Morgan fingerprint density at radius 3 is 2.59 bits per heavy atom. The highest BCUT2D eigenvalue weighted by atomic mass is 32.1. The number of carbonyl (C=O) groups excluding carboxylic acids is 2. The van der Waals surface area contributed by atoms with E-state index in [-0.39, 0.29) is 17.1 Å². The fourth-order valence-corrected chi connectivity index (χ4v) is 6.22. The number of morpholine rings is 1. The Balaban J connectivity index is 1.51. The number of hydrogen-bond donors (Lipinski definition) is 1. The zero-order valence-corrected chi connectivity index (χ0v) is 20.5. The number of nitrogens with one attached hydrogen (secondary N) is 1. The molecule has 2 aliphatic rings. The molecule has 34 heavy (non-hydrogen) atoms. The molecule has 2 aromatic carbocycles. The molecule has 2 heterocycles. The van der Waals surface area contributed by atoms with Crippen LogP contribution in [0.4, 0.5) is 5.00 Å². The van der Waals surface area contributed by atoms with E-state index in [0.29, 0.717) is 31.7 Å². The van der Waals surface area contributed by atoms with Gasteiger partial charge in [0.15, 0.2) is 5.78 Å². The Hall–Kier alpha value is -2.96. The lowest BCUT2D eigenvalue weighted by atomic mass is 9.75. The minimum Gasteiger partial charge on any atom is -0.378 e. The van der Waals surface area contributed by atoms with Crippen LogP contribution in [0.15, 0.2) is 54.6 Å². The zero-order chi connectivity index (χ0) is 23.7. The quantitative estimate of drug-likeness (QED) is 0.543. The summed E-state index contributed by atoms with van der Waals surface area (Å²) in [6.45, 7) is 7.79. The van der Waals surface area contributed by atoms with Gasteiger partial charge in [-0.25, -0.2) is 0 Å². The van der Waals surface area contributed by atoms with Gasteiger partial charge in [0.2, 0.25) is 0 Å². The van der Waals surface area contributed by atoms with Crippen molar-refractivity contribution in [3.05, 3.63) is 76.2 Å². The third kappa shape index (κ3) is 4.65. The molecule has 1 N–H and O–H groups in total. The van der Waals surface area contributed by atoms with Crippen molar-refractivity contribution < 1.29 is 14.3 Å². The molecule has 0 radical (unpaired) electrons. The summed E-state index contributed by atoms with van der Waals surface area (Å²) in [6.07, 6.45) is 1.43. The van der Waals surface area contributed by atoms with Gasteiger partial charge in [0.25, 0.3) is 5.91 Å². The van der Waals surface area contributed by atoms with Gasteiger partial charge in [0.1, 0.15) is 0 Å². The lowest BCUT2D eigenvalue weighted by Crippen LogP contribution is -2.36. The molecule has 1 fully saturated rings. The normalized spacial score (nSPS) is 17.4. The van der Waals surface area contributed by atoms with E-state index in [1.165, 1.54) is 0 Å². The molecule has 1 amide bonds. The van der Waals surface area contributed by atoms with E-state index in [0.717, 1.165) is 51.6 Å². The predicted molar refractivity (Wildman–Crippen MR) is 137 cm³/mol. The number of Topliss-reactive ketones (excluding diaryl/α,β-unsaturated/α-hetero) is 1. The Morgan fingerprint density at radius 1 is 1.06 bits per heavy atom. The van der Waals surface area contributed by atoms with E-state index in [2.05, 4.69) is 30.1 Å². The van der Waals surface area contributed by atoms with Gasteiger partial charge in [-0.2, -0.15) is 0 Å². The number of fused-ring (bicyclic) bond motifs is 1. The Labute approximate surface area is 204 Å². The molecule has 1 aliphatic carbocycles. The van der Waals surface area contributed by atoms with Crippen molar-refractivity contribution in [3.8, 4) is 11.1 Å². The van der Waals surface area contributed by atoms with Crippen LogP contribution in [-0.2, 0) is 17.7 Å². The number of nitrogens with zero attached hydrogens (tertiary/aromatic N) is 1. The molecular weight excluding hydrogens is 444 g/mol. The first-order chi connectivity index (χ1) is 16.4. The van der Waals surface area contributed by atoms with Gasteiger partial charge in [-0.15, -0.1) is 11.3 Å². The zero-order valence-electron chi connectivity index (χ0n) is 19.7. The average Bonchev–Trinajstić information content (AvgIpc) is 3.22. The van der Waals surface area contributed by atoms with Gasteiger partial charge in [0.05, 0.1) is 23.1 Å². The number of ether oxygens (including phenoxy) is 1. The Kier molecular flexibility index (Phi) is 6.28. The molecule has 5 rings (SSSR count). The first kappa shape index (κ1) is 22.8. The van der Waals surface area contributed by atoms with Gasteiger partial charge < -0.3 is 15.0 Å². The summed E-state index contributed by atoms with van der Waals surface area (Å²) in [5.74, 6) is 0.132. The van der Waals surface area contributed by atoms with Crippen molar-refractivity contribution in [2.45, 2.75) is 33.2 Å². The van der Waals surface area contributed by atoms with Crippen molar-refractivity contribution in [1.82, 2.24) is 5.32 Å². The van der Waals surface area contributed by atoms with Crippen molar-refractivity contribution >= 4 is 28.0 Å². The number of benzene rings is 2. The summed E-state index contributed by atoms with van der Waals surface area (Å²) in [6, 6.07) is 17.7. The molecule has 6 heteroatoms. The highest BCUT2D eigenvalue weighted by molar-refractivity contribution is 7.19. The number of ketones is 1. The molecule has 0 unspecified atom stereocenters. The van der Waals surface area contributed by atoms with E-state index in [1.54, 1.807) is 11.3 Å². The molecule has 0 atom stereocenters. The molecule has 1 aliphatic heterocycles. The van der Waals surface area contributed by atoms with Crippen molar-refractivity contribution in [2.24, 2.45) is 5.41 Å². The summed E-state index contributed by atoms with van der Waals surface area (Å²) in [5.41, 5.74) is 4.86. The number of hydrogen-bond acceptors (Lipinski definition) is 5. The minimum atomic E-state index is -0.0980. The SMILES string of the molecule is CC1(C)CC(=O)c2sc(N3CCOCC3)c(-c3cccc(C(=O)NCc4ccccc4)c3)c2C1. The smallest absolute Gasteiger partial charge is 0.251 e. The van der Waals surface area contributed by atoms with Crippen molar-refractivity contribution in [1.29, 1.82) is 0 Å². The number of rotatable bonds is 5. The minimum absolute atomic E-state index is 0.0765. The highest BCUT2D eigenvalue weighted by Gasteiger charge is 2.37. The maximum atomic E-state index is 13.1. The maximum Gasteiger partial charge on any atom is 0.251 e. The second-order valence-electron chi connectivity index (χ2n) is 9.88. The van der Waals surface area contributed by atoms with Crippen molar-refractivity contribution in [2.75, 3.05) is 31.2 Å². The highest BCUT2D eigenvalue weighted by Crippen LogP contribution is 2.49. The third-order valence-corrected chi connectivity index (χ3v) is 7.88. The summed E-state index contributed by atoms with van der Waals surface area (Å²) in [4.78, 5) is 29.3. The van der Waals surface area contributed by atoms with Crippen LogP contribution < -0.4 is 10.2 Å². The number of amides is 1. The summed E-state index contributed by atoms with van der Waals surface area (Å²) in [7, 11) is 0. The summed E-state index contributed by atoms with van der Waals surface area (Å²) < 4.78 is 5.58. The molecule has 1 saturated heterocycles. The summed E-state index contributed by atoms with van der Waals surface area (Å²) in [5, 5.41) is 4.16. The van der Waals surface area contributed by atoms with Gasteiger partial charge >= 0.3 is 0 Å². The van der Waals surface area contributed by atoms with E-state index in [1.807, 2.05) is 48.5 Å². The maximum absolute atomic E-state index is 13.1. The second kappa shape index (κ2) is 9.35. The topological polar surface area (TPSA) is 58.6 Å². The lowest BCUT2D eigenvalue weighted by molar-refractivity contribution is 0.0915. The largest absolute Gasteiger partial charge is 0.378 e. The predicted octanol–water partition coefficient (Wildman–Crippen LogP) is 5.34. The van der Waals surface area contributed by atoms with Crippen LogP contribution in [0.3, 0.4) is 0 Å². The van der Waals surface area contributed by atoms with Gasteiger partial charge in [-0.3, -0.25) is 9.59 Å². The molecule has 0 bridgehead atoms. The number of thiophene rings is 1. The number of anilines is 1. The fourth-order valence-electron chi connectivity index (χ4n) is 4.88. The first-order valence-electron chi connectivity index (χ1n) is 11.9. The van der Waals surface area contributed by atoms with Crippen LogP contribution in [0.25, 0.3) is 11.1 Å². The lowest BCUT2D eigenvalue weighted by Gasteiger charge is -2.30. The molecule has 1 aromatic heterocycles. The molecule has 3 aromatic rings. The molecular formula is C28H30N2O3S. The molecule has 5 nitrogen and oxygen atoms in total. The standard InChI is InChI=1S/C28H30N2O3S/c1-28(2)16-22-24(27(30-11-13-33-14-12-30)34-25(22)23(31)17-28)20-9-6-10-21(15-20)26(32)29-18-19-7-4-3-5-8-19/h3-10,15H,11-14,16-18H2,1-2H3,(H,29,32). The van der Waals surface area contributed by atoms with Gasteiger partial charge in [-0.1, -0.05) is 56.3 Å². The van der Waals surface area contributed by atoms with Crippen LogP contribution in [0.1, 0.15) is 51.4 Å². The van der Waals surface area contributed by atoms with Gasteiger partial charge in [-0.05, 0) is 40.7 Å². The molecule has 0 spiro atoms. The molecule has 0 saturated carbocycles. The fraction of sp³-hybridized carbons (Fsp3) is 0.357. The van der Waals surface area contributed by atoms with E-state index in [9.17, 15) is 9.59 Å². The monoisotopic (exact) mass is 474 g/mol. The summed E-state index contributed by atoms with van der Waals surface area (Å²) >= 11 is 1.61. The van der Waals surface area contributed by atoms with Crippen LogP contribution in [0, 0.1) is 5.41 Å². The van der Waals surface area contributed by atoms with Crippen molar-refractivity contribution in [3.63, 3.8) is 0 Å². The van der Waals surface area contributed by atoms with E-state index in [4.69, 9.17) is 4.74 Å². The van der Waals surface area contributed by atoms with E-state index >= 15 is 0 Å². The average molecular weight is 475 g/mol. The van der Waals surface area contributed by atoms with E-state index < -0.39 is 0 Å². The van der Waals surface area contributed by atoms with Crippen LogP contribution in [0.2, 0.25) is 0 Å². The first-order valence-corrected chi connectivity index (χ1v) is 12.7. The van der Waals surface area contributed by atoms with Crippen LogP contribution in [0.5, 0.6) is 0 Å².